The number of benzene rings is 1. The predicted octanol–water partition coefficient (Wildman–Crippen LogP) is 1.39. The van der Waals surface area contributed by atoms with Gasteiger partial charge in [0, 0.05) is 31.8 Å². The van der Waals surface area contributed by atoms with Crippen molar-refractivity contribution in [1.82, 2.24) is 4.90 Å². The monoisotopic (exact) mass is 380 g/mol. The van der Waals surface area contributed by atoms with E-state index in [0.29, 0.717) is 6.61 Å². The fourth-order valence-corrected chi connectivity index (χ4v) is 7.93. The van der Waals surface area contributed by atoms with Crippen LogP contribution in [-0.2, 0) is 19.7 Å². The molecule has 2 bridgehead atoms. The van der Waals surface area contributed by atoms with Gasteiger partial charge in [0.15, 0.2) is 5.79 Å². The van der Waals surface area contributed by atoms with Crippen LogP contribution < -0.4 is 4.90 Å². The summed E-state index contributed by atoms with van der Waals surface area (Å²) in [5, 5.41) is 11.6. The molecule has 4 fully saturated rings. The summed E-state index contributed by atoms with van der Waals surface area (Å²) in [4.78, 5) is 17.8. The summed E-state index contributed by atoms with van der Waals surface area (Å²) >= 11 is 0. The van der Waals surface area contributed by atoms with Gasteiger partial charge in [-0.05, 0) is 30.4 Å². The minimum Gasteiger partial charge on any atom is -0.365 e. The minimum absolute atomic E-state index is 0.0277. The molecule has 1 aliphatic carbocycles. The first kappa shape index (κ1) is 16.1. The molecule has 1 N–H and O–H groups in total. The van der Waals surface area contributed by atoms with Gasteiger partial charge in [-0.1, -0.05) is 29.8 Å². The lowest BCUT2D eigenvalue weighted by Gasteiger charge is -2.64. The highest BCUT2D eigenvalue weighted by Crippen LogP contribution is 2.70. The Kier molecular flexibility index (Phi) is 2.70. The van der Waals surface area contributed by atoms with Crippen LogP contribution in [0.3, 0.4) is 0 Å². The van der Waals surface area contributed by atoms with Crippen LogP contribution in [-0.4, -0.2) is 60.3 Å². The molecule has 6 unspecified atom stereocenters. The number of piperidine rings is 2. The van der Waals surface area contributed by atoms with Crippen LogP contribution in [0, 0.1) is 11.8 Å². The maximum Gasteiger partial charge on any atom is 0.232 e. The molecule has 0 aromatic heterocycles. The van der Waals surface area contributed by atoms with Crippen LogP contribution in [0.4, 0.5) is 5.69 Å². The van der Waals surface area contributed by atoms with Gasteiger partial charge >= 0.3 is 0 Å². The number of hydrogen-bond acceptors (Lipinski definition) is 5. The third-order valence-electron chi connectivity index (χ3n) is 8.74. The molecule has 1 spiro atoms. The van der Waals surface area contributed by atoms with E-state index in [1.807, 2.05) is 18.1 Å². The van der Waals surface area contributed by atoms with Crippen molar-refractivity contribution in [3.05, 3.63) is 41.5 Å². The number of carbonyl (C=O) groups excluding carboxylic acids is 1. The number of hydrogen-bond donors (Lipinski definition) is 1. The molecule has 3 saturated heterocycles. The van der Waals surface area contributed by atoms with E-state index in [-0.39, 0.29) is 35.6 Å². The van der Waals surface area contributed by atoms with E-state index < -0.39 is 11.5 Å². The van der Waals surface area contributed by atoms with Crippen LogP contribution in [0.2, 0.25) is 0 Å². The second kappa shape index (κ2) is 4.70. The summed E-state index contributed by atoms with van der Waals surface area (Å²) in [6, 6.07) is 8.18. The van der Waals surface area contributed by atoms with Gasteiger partial charge in [0.05, 0.1) is 24.5 Å². The Balaban J connectivity index is 1.60. The zero-order valence-electron chi connectivity index (χ0n) is 15.9. The number of carbonyl (C=O) groups is 1. The third kappa shape index (κ3) is 1.42. The molecule has 1 amide bonds. The lowest BCUT2D eigenvalue weighted by atomic mass is 9.51. The number of para-hydroxylation sites is 1. The van der Waals surface area contributed by atoms with Crippen LogP contribution in [0.25, 0.3) is 0 Å². The van der Waals surface area contributed by atoms with Crippen molar-refractivity contribution in [1.29, 1.82) is 0 Å². The predicted molar refractivity (Wildman–Crippen MR) is 101 cm³/mol. The van der Waals surface area contributed by atoms with Gasteiger partial charge in [0.25, 0.3) is 0 Å². The molecule has 5 aliphatic heterocycles. The molecular formula is C22H24N2O4. The first-order chi connectivity index (χ1) is 13.6. The van der Waals surface area contributed by atoms with Crippen LogP contribution in [0.5, 0.6) is 0 Å². The van der Waals surface area contributed by atoms with Crippen molar-refractivity contribution < 1.29 is 19.4 Å². The Morgan fingerprint density at radius 1 is 1.32 bits per heavy atom. The molecule has 7 rings (SSSR count). The Hall–Kier alpha value is -1.73. The summed E-state index contributed by atoms with van der Waals surface area (Å²) in [6.45, 7) is 2.17. The third-order valence-corrected chi connectivity index (χ3v) is 8.74. The Morgan fingerprint density at radius 3 is 3.04 bits per heavy atom. The number of fused-ring (bicyclic) bond motifs is 2. The van der Waals surface area contributed by atoms with Crippen LogP contribution in [0.1, 0.15) is 24.8 Å². The molecule has 146 valence electrons. The van der Waals surface area contributed by atoms with E-state index in [1.54, 1.807) is 0 Å². The number of amides is 1. The van der Waals surface area contributed by atoms with Crippen molar-refractivity contribution in [2.75, 3.05) is 31.7 Å². The average Bonchev–Trinajstić information content (AvgIpc) is 3.15. The van der Waals surface area contributed by atoms with Crippen molar-refractivity contribution >= 4 is 11.6 Å². The first-order valence-electron chi connectivity index (χ1n) is 10.3. The fraction of sp³-hybridized carbons (Fsp3) is 0.591. The minimum atomic E-state index is -1.40. The van der Waals surface area contributed by atoms with Gasteiger partial charge in [-0.15, -0.1) is 0 Å². The van der Waals surface area contributed by atoms with E-state index in [1.165, 1.54) is 11.1 Å². The Bertz CT molecular complexity index is 962. The smallest absolute Gasteiger partial charge is 0.232 e. The van der Waals surface area contributed by atoms with Gasteiger partial charge < -0.3 is 19.5 Å². The van der Waals surface area contributed by atoms with Gasteiger partial charge in [0.1, 0.15) is 5.72 Å². The number of ether oxygens (including phenoxy) is 2. The number of anilines is 1. The van der Waals surface area contributed by atoms with Crippen molar-refractivity contribution in [2.24, 2.45) is 11.8 Å². The molecule has 5 heterocycles. The zero-order chi connectivity index (χ0) is 18.9. The van der Waals surface area contributed by atoms with E-state index in [4.69, 9.17) is 9.47 Å². The highest BCUT2D eigenvalue weighted by atomic mass is 16.6. The highest BCUT2D eigenvalue weighted by Gasteiger charge is 2.79. The molecule has 28 heavy (non-hydrogen) atoms. The second-order valence-electron chi connectivity index (χ2n) is 9.31. The van der Waals surface area contributed by atoms with E-state index in [0.717, 1.165) is 31.6 Å². The van der Waals surface area contributed by atoms with E-state index in [2.05, 4.69) is 29.2 Å². The van der Waals surface area contributed by atoms with Gasteiger partial charge in [0.2, 0.25) is 5.91 Å². The van der Waals surface area contributed by atoms with Gasteiger partial charge in [-0.3, -0.25) is 9.69 Å². The quantitative estimate of drug-likeness (QED) is 0.746. The average molecular weight is 380 g/mol. The van der Waals surface area contributed by atoms with Crippen LogP contribution in [0.15, 0.2) is 35.9 Å². The first-order valence-corrected chi connectivity index (χ1v) is 10.3. The maximum absolute atomic E-state index is 13.4. The number of rotatable bonds is 1. The molecule has 1 aromatic rings. The highest BCUT2D eigenvalue weighted by molar-refractivity contribution is 5.99. The lowest BCUT2D eigenvalue weighted by molar-refractivity contribution is -0.284. The maximum atomic E-state index is 13.4. The summed E-state index contributed by atoms with van der Waals surface area (Å²) in [6.07, 6.45) is 3.94. The topological polar surface area (TPSA) is 62.2 Å². The second-order valence-corrected chi connectivity index (χ2v) is 9.31. The number of nitrogens with zero attached hydrogens (tertiary/aromatic N) is 2. The molecule has 6 aliphatic rings. The van der Waals surface area contributed by atoms with Crippen molar-refractivity contribution in [3.8, 4) is 0 Å². The number of methoxy groups -OCH3 is 1. The molecule has 1 saturated carbocycles. The zero-order valence-corrected chi connectivity index (χ0v) is 15.9. The summed E-state index contributed by atoms with van der Waals surface area (Å²) in [5.74, 6) is -1.40. The van der Waals surface area contributed by atoms with Crippen LogP contribution >= 0.6 is 0 Å². The molecule has 6 heteroatoms. The van der Waals surface area contributed by atoms with E-state index >= 15 is 0 Å². The van der Waals surface area contributed by atoms with Gasteiger partial charge in [-0.25, -0.2) is 0 Å². The van der Waals surface area contributed by atoms with E-state index in [9.17, 15) is 9.90 Å². The molecule has 1 aromatic carbocycles. The number of aliphatic hydroxyl groups is 1. The summed E-state index contributed by atoms with van der Waals surface area (Å²) in [5.41, 5.74) is 2.78. The summed E-state index contributed by atoms with van der Waals surface area (Å²) < 4.78 is 12.4. The Morgan fingerprint density at radius 2 is 2.18 bits per heavy atom. The van der Waals surface area contributed by atoms with Gasteiger partial charge in [-0.2, -0.15) is 0 Å². The largest absolute Gasteiger partial charge is 0.365 e. The SMILES string of the molecule is COC12CC3C4=CCOC5(O)CC(=O)N6c7ccccc7C1(CCN2C4)C6C35. The molecule has 6 nitrogen and oxygen atoms in total. The molecule has 0 radical (unpaired) electrons. The lowest BCUT2D eigenvalue weighted by Crippen LogP contribution is -2.77. The fourth-order valence-electron chi connectivity index (χ4n) is 7.93. The Labute approximate surface area is 163 Å². The standard InChI is InChI=1S/C22H24N2O4/c1-27-22-10-14-13-6-9-28-21(26)11-17(25)24-16-5-3-2-4-15(16)20(22,19(24)18(14)21)7-8-23(22)12-13/h2-6,14,18-19,26H,7-12H2,1H3. The van der Waals surface area contributed by atoms with Crippen molar-refractivity contribution in [2.45, 2.75) is 42.2 Å². The molecular weight excluding hydrogens is 356 g/mol. The van der Waals surface area contributed by atoms with Crippen molar-refractivity contribution in [3.63, 3.8) is 0 Å². The molecule has 6 atom stereocenters. The normalized spacial score (nSPS) is 47.6. The summed E-state index contributed by atoms with van der Waals surface area (Å²) in [7, 11) is 1.82.